The zero-order chi connectivity index (χ0) is 33.6. The van der Waals surface area contributed by atoms with Crippen LogP contribution < -0.4 is 19.3 Å². The van der Waals surface area contributed by atoms with E-state index in [1.165, 1.54) is 0 Å². The Labute approximate surface area is 276 Å². The van der Waals surface area contributed by atoms with Crippen molar-refractivity contribution >= 4 is 22.5 Å². The van der Waals surface area contributed by atoms with Crippen LogP contribution in [0.2, 0.25) is 0 Å². The number of fused-ring (bicyclic) bond motifs is 2. The highest BCUT2D eigenvalue weighted by atomic mass is 16.5. The molecule has 0 fully saturated rings. The number of allylic oxidation sites excluding steroid dienone is 6. The molecule has 0 spiro atoms. The highest BCUT2D eigenvalue weighted by Crippen LogP contribution is 2.47. The van der Waals surface area contributed by atoms with Crippen molar-refractivity contribution in [3.8, 4) is 11.5 Å². The van der Waals surface area contributed by atoms with Gasteiger partial charge in [0.1, 0.15) is 28.8 Å². The van der Waals surface area contributed by atoms with Gasteiger partial charge in [-0.15, -0.1) is 0 Å². The Morgan fingerprint density at radius 1 is 0.696 bits per heavy atom. The van der Waals surface area contributed by atoms with Gasteiger partial charge in [-0.05, 0) is 81.3 Å². The second-order valence-electron chi connectivity index (χ2n) is 14.5. The van der Waals surface area contributed by atoms with Crippen LogP contribution in [0.5, 0.6) is 11.5 Å². The maximum absolute atomic E-state index is 11.5. The molecule has 246 valence electrons. The summed E-state index contributed by atoms with van der Waals surface area (Å²) < 4.78 is 12.9. The Morgan fingerprint density at radius 2 is 1.13 bits per heavy atom. The summed E-state index contributed by atoms with van der Waals surface area (Å²) in [4.78, 5) is 4.59. The highest BCUT2D eigenvalue weighted by Gasteiger charge is 2.39. The average molecular weight is 625 g/mol. The lowest BCUT2D eigenvalue weighted by atomic mass is 9.77. The van der Waals surface area contributed by atoms with Crippen LogP contribution in [0, 0.1) is 16.7 Å². The molecule has 46 heavy (non-hydrogen) atoms. The fraction of sp³-hybridized carbons (Fsp3) is 0.450. The molecule has 6 heteroatoms. The van der Waals surface area contributed by atoms with Gasteiger partial charge < -0.3 is 29.5 Å². The number of nitrogens with zero attached hydrogens (tertiary/aromatic N) is 2. The van der Waals surface area contributed by atoms with Crippen molar-refractivity contribution in [2.45, 2.75) is 75.3 Å². The van der Waals surface area contributed by atoms with Gasteiger partial charge in [0.2, 0.25) is 0 Å². The third-order valence-corrected chi connectivity index (χ3v) is 9.24. The van der Waals surface area contributed by atoms with Crippen molar-refractivity contribution in [3.63, 3.8) is 0 Å². The Bertz CT molecular complexity index is 1640. The van der Waals surface area contributed by atoms with Crippen molar-refractivity contribution in [1.29, 1.82) is 0 Å². The fourth-order valence-corrected chi connectivity index (χ4v) is 6.25. The molecule has 2 aromatic carbocycles. The molecule has 2 N–H and O–H groups in total. The number of hydrogen-bond acceptors (Lipinski definition) is 6. The van der Waals surface area contributed by atoms with Crippen LogP contribution in [0.15, 0.2) is 83.6 Å². The van der Waals surface area contributed by atoms with Crippen LogP contribution in [0.3, 0.4) is 0 Å². The van der Waals surface area contributed by atoms with Crippen LogP contribution in [0.1, 0.15) is 80.4 Å². The molecule has 2 atom stereocenters. The van der Waals surface area contributed by atoms with Crippen molar-refractivity contribution in [2.75, 3.05) is 36.0 Å². The summed E-state index contributed by atoms with van der Waals surface area (Å²) in [5.41, 5.74) is 6.07. The smallest absolute Gasteiger partial charge is 0.136 e. The molecule has 0 bridgehead atoms. The number of hydrogen-bond donors (Lipinski definition) is 2. The van der Waals surface area contributed by atoms with E-state index in [-0.39, 0.29) is 16.6 Å². The molecule has 5 rings (SSSR count). The van der Waals surface area contributed by atoms with Gasteiger partial charge in [-0.2, -0.15) is 0 Å². The van der Waals surface area contributed by atoms with Crippen molar-refractivity contribution in [3.05, 3.63) is 94.7 Å². The molecule has 6 nitrogen and oxygen atoms in total. The number of rotatable bonds is 8. The van der Waals surface area contributed by atoms with Crippen LogP contribution in [-0.2, 0) is 0 Å². The quantitative estimate of drug-likeness (QED) is 0.305. The zero-order valence-electron chi connectivity index (χ0n) is 29.4. The van der Waals surface area contributed by atoms with E-state index >= 15 is 0 Å². The number of aliphatic hydroxyl groups is 2. The zero-order valence-corrected chi connectivity index (χ0v) is 29.4. The predicted octanol–water partition coefficient (Wildman–Crippen LogP) is 9.29. The Kier molecular flexibility index (Phi) is 9.25. The largest absolute Gasteiger partial charge is 0.511 e. The van der Waals surface area contributed by atoms with Gasteiger partial charge in [0, 0.05) is 77.2 Å². The lowest BCUT2D eigenvalue weighted by Gasteiger charge is -2.35. The van der Waals surface area contributed by atoms with Gasteiger partial charge in [-0.25, -0.2) is 0 Å². The van der Waals surface area contributed by atoms with Crippen molar-refractivity contribution < 1.29 is 19.7 Å². The Morgan fingerprint density at radius 3 is 1.54 bits per heavy atom. The van der Waals surface area contributed by atoms with E-state index in [0.717, 1.165) is 82.8 Å². The lowest BCUT2D eigenvalue weighted by molar-refractivity contribution is 0.113. The predicted molar refractivity (Wildman–Crippen MR) is 191 cm³/mol. The van der Waals surface area contributed by atoms with Gasteiger partial charge >= 0.3 is 0 Å². The minimum Gasteiger partial charge on any atom is -0.511 e. The van der Waals surface area contributed by atoms with E-state index in [2.05, 4.69) is 122 Å². The molecule has 2 aromatic rings. The van der Waals surface area contributed by atoms with Gasteiger partial charge in [0.25, 0.3) is 0 Å². The lowest BCUT2D eigenvalue weighted by Crippen LogP contribution is -2.34. The normalized spacial score (nSPS) is 21.1. The van der Waals surface area contributed by atoms with Crippen LogP contribution >= 0.6 is 0 Å². The first-order valence-corrected chi connectivity index (χ1v) is 16.8. The fourth-order valence-electron chi connectivity index (χ4n) is 6.25. The molecule has 2 heterocycles. The summed E-state index contributed by atoms with van der Waals surface area (Å²) in [5, 5.41) is 22.9. The van der Waals surface area contributed by atoms with E-state index in [1.807, 2.05) is 18.2 Å². The Balaban J connectivity index is 1.55. The molecule has 3 aliphatic rings. The van der Waals surface area contributed by atoms with Crippen LogP contribution in [0.25, 0.3) is 11.1 Å². The topological polar surface area (TPSA) is 65.4 Å². The van der Waals surface area contributed by atoms with E-state index in [1.54, 1.807) is 0 Å². The summed E-state index contributed by atoms with van der Waals surface area (Å²) in [5.74, 6) is 2.94. The highest BCUT2D eigenvalue weighted by molar-refractivity contribution is 5.85. The number of ether oxygens (including phenoxy) is 2. The summed E-state index contributed by atoms with van der Waals surface area (Å²) in [7, 11) is 0. The van der Waals surface area contributed by atoms with Crippen molar-refractivity contribution in [2.24, 2.45) is 16.7 Å². The maximum atomic E-state index is 11.5. The molecule has 0 saturated carbocycles. The molecule has 0 saturated heterocycles. The van der Waals surface area contributed by atoms with E-state index < -0.39 is 12.0 Å². The van der Waals surface area contributed by atoms with Crippen LogP contribution in [0.4, 0.5) is 11.4 Å². The average Bonchev–Trinajstić information content (AvgIpc) is 3.01. The van der Waals surface area contributed by atoms with Gasteiger partial charge in [-0.3, -0.25) is 0 Å². The monoisotopic (exact) mass is 624 g/mol. The number of anilines is 2. The summed E-state index contributed by atoms with van der Waals surface area (Å²) >= 11 is 0. The second-order valence-corrected chi connectivity index (χ2v) is 14.5. The van der Waals surface area contributed by atoms with Gasteiger partial charge in [-0.1, -0.05) is 47.6 Å². The van der Waals surface area contributed by atoms with Crippen LogP contribution in [-0.4, -0.2) is 42.5 Å². The molecular weight excluding hydrogens is 572 g/mol. The molecule has 1 aliphatic carbocycles. The van der Waals surface area contributed by atoms with Crippen molar-refractivity contribution in [1.82, 2.24) is 0 Å². The minimum atomic E-state index is -0.847. The third-order valence-electron chi connectivity index (χ3n) is 9.24. The molecule has 2 aliphatic heterocycles. The summed E-state index contributed by atoms with van der Waals surface area (Å²) in [6, 6.07) is 12.6. The molecule has 0 amide bonds. The maximum Gasteiger partial charge on any atom is 0.136 e. The first-order valence-electron chi connectivity index (χ1n) is 16.8. The second kappa shape index (κ2) is 12.7. The van der Waals surface area contributed by atoms with Gasteiger partial charge in [0.05, 0.1) is 12.0 Å². The van der Waals surface area contributed by atoms with Gasteiger partial charge in [0.15, 0.2) is 0 Å². The van der Waals surface area contributed by atoms with E-state index in [4.69, 9.17) is 9.47 Å². The SMILES string of the molecule is CCN(CC)c1ccc2c(c1)OC(C(C)(C)C)=C/C2=C\C1=C(O)C(/C=C2\C=C(C(C)(C)C)Oc3cc(N(CC)CC)ccc32)C1O. The Hall–Kier alpha value is -3.90. The molecular formula is C40H52N2O4. The molecule has 2 unspecified atom stereocenters. The standard InChI is InChI=1S/C40H52N2O4/c1-11-41(12-2)27-15-17-29-25(21-35(39(5,6)7)45-33(29)23-27)19-31-37(43)32(38(31)44)20-26-22-36(40(8,9)10)46-34-24-28(16-18-30(26)34)42(13-3)14-4/h15-24,31,37,43-44H,11-14H2,1-10H3/b25-19+,26-20+. The van der Waals surface area contributed by atoms with E-state index in [9.17, 15) is 10.2 Å². The number of benzene rings is 2. The van der Waals surface area contributed by atoms with E-state index in [0.29, 0.717) is 5.57 Å². The molecule has 0 aromatic heterocycles. The first-order chi connectivity index (χ1) is 21.7. The minimum absolute atomic E-state index is 0.185. The summed E-state index contributed by atoms with van der Waals surface area (Å²) in [6.07, 6.45) is 7.15. The summed E-state index contributed by atoms with van der Waals surface area (Å²) in [6.45, 7) is 25.0. The molecule has 0 radical (unpaired) electrons. The number of aliphatic hydroxyl groups excluding tert-OH is 2. The first kappa shape index (κ1) is 33.5. The third kappa shape index (κ3) is 6.37.